The van der Waals surface area contributed by atoms with Crippen molar-refractivity contribution in [1.29, 1.82) is 0 Å². The number of amides is 2. The molecule has 2 aliphatic heterocycles. The van der Waals surface area contributed by atoms with Gasteiger partial charge < -0.3 is 14.8 Å². The summed E-state index contributed by atoms with van der Waals surface area (Å²) in [7, 11) is 0. The second kappa shape index (κ2) is 9.05. The van der Waals surface area contributed by atoms with E-state index in [2.05, 4.69) is 4.98 Å². The Morgan fingerprint density at radius 2 is 1.73 bits per heavy atom. The first kappa shape index (κ1) is 23.2. The molecule has 0 aliphatic carbocycles. The zero-order chi connectivity index (χ0) is 25.7. The second-order valence-electron chi connectivity index (χ2n) is 9.47. The van der Waals surface area contributed by atoms with E-state index in [1.165, 1.54) is 12.1 Å². The highest BCUT2D eigenvalue weighted by molar-refractivity contribution is 6.30. The first-order valence-electron chi connectivity index (χ1n) is 12.1. The number of nitrogens with one attached hydrogen (secondary N) is 1. The van der Waals surface area contributed by atoms with Crippen molar-refractivity contribution in [2.24, 2.45) is 0 Å². The molecule has 0 unspecified atom stereocenters. The fourth-order valence-corrected chi connectivity index (χ4v) is 5.68. The van der Waals surface area contributed by atoms with Gasteiger partial charge in [-0.1, -0.05) is 41.9 Å². The number of nitro benzene ring substituents is 1. The Balaban J connectivity index is 1.38. The minimum Gasteiger partial charge on any atom is -0.356 e. The SMILES string of the molecule is O=C1[C@H]2Cc3c([nH]c4ccccc34)[C@@H](c3ccc([N+](=O)[O-])cc3)N2C(=O)CN1CCc1ccc(Cl)cc1. The number of hydrogen-bond donors (Lipinski definition) is 1. The van der Waals surface area contributed by atoms with Crippen LogP contribution in [0.15, 0.2) is 72.8 Å². The predicted molar refractivity (Wildman–Crippen MR) is 139 cm³/mol. The van der Waals surface area contributed by atoms with Crippen LogP contribution < -0.4 is 0 Å². The van der Waals surface area contributed by atoms with Gasteiger partial charge in [0.1, 0.15) is 6.04 Å². The van der Waals surface area contributed by atoms with Gasteiger partial charge in [-0.15, -0.1) is 0 Å². The number of carbonyl (C=O) groups excluding carboxylic acids is 2. The van der Waals surface area contributed by atoms with Crippen LogP contribution in [0.3, 0.4) is 0 Å². The van der Waals surface area contributed by atoms with Crippen LogP contribution in [0.1, 0.15) is 28.4 Å². The Labute approximate surface area is 217 Å². The molecule has 37 heavy (non-hydrogen) atoms. The van der Waals surface area contributed by atoms with Crippen molar-refractivity contribution in [2.75, 3.05) is 13.1 Å². The van der Waals surface area contributed by atoms with Crippen molar-refractivity contribution in [3.05, 3.63) is 110 Å². The highest BCUT2D eigenvalue weighted by Gasteiger charge is 2.48. The van der Waals surface area contributed by atoms with E-state index < -0.39 is 17.0 Å². The van der Waals surface area contributed by atoms with Gasteiger partial charge in [-0.2, -0.15) is 0 Å². The maximum absolute atomic E-state index is 13.8. The average molecular weight is 515 g/mol. The molecular weight excluding hydrogens is 492 g/mol. The predicted octanol–water partition coefficient (Wildman–Crippen LogP) is 4.66. The third-order valence-electron chi connectivity index (χ3n) is 7.35. The first-order valence-corrected chi connectivity index (χ1v) is 12.5. The maximum atomic E-state index is 13.8. The molecule has 0 radical (unpaired) electrons. The molecule has 2 aliphatic rings. The molecule has 1 aromatic heterocycles. The number of H-pyrrole nitrogens is 1. The van der Waals surface area contributed by atoms with E-state index in [4.69, 9.17) is 11.6 Å². The van der Waals surface area contributed by atoms with Crippen molar-refractivity contribution in [3.63, 3.8) is 0 Å². The number of rotatable bonds is 5. The Kier molecular flexibility index (Phi) is 5.68. The van der Waals surface area contributed by atoms with E-state index in [1.54, 1.807) is 21.9 Å². The minimum atomic E-state index is -0.654. The molecule has 1 N–H and O–H groups in total. The molecule has 9 heteroatoms. The smallest absolute Gasteiger partial charge is 0.269 e. The fourth-order valence-electron chi connectivity index (χ4n) is 5.55. The van der Waals surface area contributed by atoms with Gasteiger partial charge in [0.05, 0.1) is 17.5 Å². The number of fused-ring (bicyclic) bond motifs is 4. The third kappa shape index (κ3) is 4.03. The van der Waals surface area contributed by atoms with Gasteiger partial charge in [0.25, 0.3) is 5.69 Å². The van der Waals surface area contributed by atoms with Gasteiger partial charge in [-0.3, -0.25) is 19.7 Å². The zero-order valence-corrected chi connectivity index (χ0v) is 20.5. The standard InChI is InChI=1S/C28H23ClN4O4/c29-19-9-5-17(6-10-19)13-14-31-16-25(34)32-24(28(31)35)15-22-21-3-1-2-4-23(21)30-26(22)27(32)18-7-11-20(12-8-18)33(36)37/h1-12,24,27,30H,13-16H2/t24-,27-/m1/s1. The number of benzene rings is 3. The molecule has 6 rings (SSSR count). The molecule has 2 atom stereocenters. The summed E-state index contributed by atoms with van der Waals surface area (Å²) in [6.45, 7) is 0.418. The van der Waals surface area contributed by atoms with Gasteiger partial charge in [-0.25, -0.2) is 0 Å². The maximum Gasteiger partial charge on any atom is 0.269 e. The molecule has 2 amide bonds. The van der Waals surface area contributed by atoms with Crippen LogP contribution in [-0.2, 0) is 22.4 Å². The van der Waals surface area contributed by atoms with Crippen LogP contribution in [0.5, 0.6) is 0 Å². The third-order valence-corrected chi connectivity index (χ3v) is 7.60. The number of aromatic amines is 1. The van der Waals surface area contributed by atoms with E-state index in [0.717, 1.165) is 33.3 Å². The number of carbonyl (C=O) groups is 2. The molecule has 3 heterocycles. The molecule has 1 saturated heterocycles. The summed E-state index contributed by atoms with van der Waals surface area (Å²) in [6, 6.07) is 20.4. The highest BCUT2D eigenvalue weighted by atomic mass is 35.5. The van der Waals surface area contributed by atoms with Gasteiger partial charge in [0.2, 0.25) is 11.8 Å². The number of hydrogen-bond acceptors (Lipinski definition) is 4. The van der Waals surface area contributed by atoms with Crippen LogP contribution in [0, 0.1) is 10.1 Å². The van der Waals surface area contributed by atoms with Crippen LogP contribution in [0.25, 0.3) is 10.9 Å². The van der Waals surface area contributed by atoms with E-state index in [1.807, 2.05) is 48.5 Å². The fraction of sp³-hybridized carbons (Fsp3) is 0.214. The monoisotopic (exact) mass is 514 g/mol. The van der Waals surface area contributed by atoms with Gasteiger partial charge in [-0.05, 0) is 53.4 Å². The summed E-state index contributed by atoms with van der Waals surface area (Å²) >= 11 is 5.99. The highest BCUT2D eigenvalue weighted by Crippen LogP contribution is 2.42. The number of nitrogens with zero attached hydrogens (tertiary/aromatic N) is 3. The quantitative estimate of drug-likeness (QED) is 0.309. The van der Waals surface area contributed by atoms with Crippen molar-refractivity contribution in [1.82, 2.24) is 14.8 Å². The molecule has 0 saturated carbocycles. The lowest BCUT2D eigenvalue weighted by Gasteiger charge is -2.47. The summed E-state index contributed by atoms with van der Waals surface area (Å²) in [4.78, 5) is 45.0. The largest absolute Gasteiger partial charge is 0.356 e. The van der Waals surface area contributed by atoms with E-state index >= 15 is 0 Å². The number of para-hydroxylation sites is 1. The lowest BCUT2D eigenvalue weighted by molar-refractivity contribution is -0.384. The van der Waals surface area contributed by atoms with Gasteiger partial charge in [0.15, 0.2) is 0 Å². The molecule has 186 valence electrons. The molecule has 4 aromatic rings. The van der Waals surface area contributed by atoms with Crippen molar-refractivity contribution < 1.29 is 14.5 Å². The summed E-state index contributed by atoms with van der Waals surface area (Å²) in [5.74, 6) is -0.232. The molecule has 8 nitrogen and oxygen atoms in total. The first-order chi connectivity index (χ1) is 17.9. The molecule has 0 spiro atoms. The minimum absolute atomic E-state index is 0.0119. The molecule has 0 bridgehead atoms. The topological polar surface area (TPSA) is 99.5 Å². The van der Waals surface area contributed by atoms with Gasteiger partial charge in [0, 0.05) is 46.7 Å². The number of piperazine rings is 1. The van der Waals surface area contributed by atoms with Crippen LogP contribution in [-0.4, -0.2) is 50.7 Å². The average Bonchev–Trinajstić information content (AvgIpc) is 3.28. The Morgan fingerprint density at radius 3 is 2.46 bits per heavy atom. The number of aromatic nitrogens is 1. The number of halogens is 1. The number of non-ortho nitro benzene ring substituents is 1. The van der Waals surface area contributed by atoms with Crippen LogP contribution in [0.2, 0.25) is 5.02 Å². The van der Waals surface area contributed by atoms with E-state index in [-0.39, 0.29) is 24.0 Å². The van der Waals surface area contributed by atoms with E-state index in [0.29, 0.717) is 24.4 Å². The van der Waals surface area contributed by atoms with Crippen molar-refractivity contribution >= 4 is 40.0 Å². The Hall–Kier alpha value is -4.17. The summed E-state index contributed by atoms with van der Waals surface area (Å²) in [6.07, 6.45) is 1.03. The van der Waals surface area contributed by atoms with E-state index in [9.17, 15) is 19.7 Å². The van der Waals surface area contributed by atoms with Gasteiger partial charge >= 0.3 is 0 Å². The summed E-state index contributed by atoms with van der Waals surface area (Å²) in [5.41, 5.74) is 4.52. The molecule has 3 aromatic carbocycles. The zero-order valence-electron chi connectivity index (χ0n) is 19.8. The van der Waals surface area contributed by atoms with Crippen LogP contribution >= 0.6 is 11.6 Å². The second-order valence-corrected chi connectivity index (χ2v) is 9.91. The normalized spacial score (nSPS) is 19.2. The Morgan fingerprint density at radius 1 is 1.00 bits per heavy atom. The van der Waals surface area contributed by atoms with Crippen molar-refractivity contribution in [3.8, 4) is 0 Å². The number of nitro groups is 1. The Bertz CT molecular complexity index is 1530. The molecular formula is C28H23ClN4O4. The lowest BCUT2D eigenvalue weighted by atomic mass is 9.86. The van der Waals surface area contributed by atoms with Crippen LogP contribution in [0.4, 0.5) is 5.69 Å². The summed E-state index contributed by atoms with van der Waals surface area (Å²) < 4.78 is 0. The van der Waals surface area contributed by atoms with Crippen molar-refractivity contribution in [2.45, 2.75) is 24.9 Å². The lowest BCUT2D eigenvalue weighted by Crippen LogP contribution is -2.63. The molecule has 1 fully saturated rings. The summed E-state index contributed by atoms with van der Waals surface area (Å²) in [5, 5.41) is 12.9.